The summed E-state index contributed by atoms with van der Waals surface area (Å²) in [7, 11) is 0. The third-order valence-corrected chi connectivity index (χ3v) is 1.54. The number of nitrogens with two attached hydrogens (primary N) is 1. The van der Waals surface area contributed by atoms with Crippen molar-refractivity contribution < 1.29 is 0 Å². The third-order valence-electron chi connectivity index (χ3n) is 1.54. The zero-order chi connectivity index (χ0) is 7.98. The van der Waals surface area contributed by atoms with Crippen LogP contribution in [0.25, 0.3) is 0 Å². The van der Waals surface area contributed by atoms with Gasteiger partial charge < -0.3 is 5.73 Å². The average Bonchev–Trinajstić information content (AvgIpc) is 2.00. The summed E-state index contributed by atoms with van der Waals surface area (Å²) in [5.74, 6) is 0.266. The normalized spacial score (nSPS) is 14.4. The minimum atomic E-state index is 0.266. The van der Waals surface area contributed by atoms with Crippen LogP contribution in [-0.4, -0.2) is 6.54 Å². The second kappa shape index (κ2) is 5.00. The molecule has 0 amide bonds. The van der Waals surface area contributed by atoms with Gasteiger partial charge in [-0.15, -0.1) is 6.58 Å². The Bertz CT molecular complexity index is 145. The molecule has 0 aromatic carbocycles. The summed E-state index contributed by atoms with van der Waals surface area (Å²) in [6, 6.07) is 0. The third kappa shape index (κ3) is 2.19. The molecule has 1 nitrogen and oxygen atoms in total. The van der Waals surface area contributed by atoms with Crippen LogP contribution in [0.5, 0.6) is 0 Å². The molecule has 0 bridgehead atoms. The van der Waals surface area contributed by atoms with Crippen molar-refractivity contribution in [3.05, 3.63) is 37.0 Å². The molecule has 0 aliphatic rings. The maximum absolute atomic E-state index is 5.48. The second-order valence-corrected chi connectivity index (χ2v) is 2.07. The van der Waals surface area contributed by atoms with Crippen LogP contribution in [-0.2, 0) is 0 Å². The molecule has 56 valence electrons. The van der Waals surface area contributed by atoms with E-state index in [-0.39, 0.29) is 5.92 Å². The lowest BCUT2D eigenvalue weighted by atomic mass is 9.99. The van der Waals surface area contributed by atoms with Gasteiger partial charge in [0.25, 0.3) is 0 Å². The van der Waals surface area contributed by atoms with Crippen LogP contribution in [0.1, 0.15) is 6.92 Å². The first kappa shape index (κ1) is 9.18. The highest BCUT2D eigenvalue weighted by Crippen LogP contribution is 2.10. The zero-order valence-electron chi connectivity index (χ0n) is 6.51. The summed E-state index contributed by atoms with van der Waals surface area (Å²) in [6.07, 6.45) is 5.67. The van der Waals surface area contributed by atoms with Crippen LogP contribution in [0, 0.1) is 5.92 Å². The molecule has 0 saturated heterocycles. The van der Waals surface area contributed by atoms with Gasteiger partial charge >= 0.3 is 0 Å². The molecule has 1 atom stereocenters. The van der Waals surface area contributed by atoms with E-state index in [9.17, 15) is 0 Å². The number of hydrogen-bond donors (Lipinski definition) is 1. The molecule has 0 aliphatic carbocycles. The Labute approximate surface area is 62.9 Å². The highest BCUT2D eigenvalue weighted by atomic mass is 14.5. The highest BCUT2D eigenvalue weighted by molar-refractivity contribution is 5.22. The summed E-state index contributed by atoms with van der Waals surface area (Å²) in [6.45, 7) is 9.94. The average molecular weight is 137 g/mol. The summed E-state index contributed by atoms with van der Waals surface area (Å²) in [5.41, 5.74) is 6.63. The van der Waals surface area contributed by atoms with Crippen molar-refractivity contribution in [1.29, 1.82) is 0 Å². The standard InChI is InChI=1S/C9H15N/c1-4-8(5-2)9(6-3)7-10/h4-6,9H,1,3,7,10H2,2H3/b8-5+. The Morgan fingerprint density at radius 3 is 2.30 bits per heavy atom. The van der Waals surface area contributed by atoms with Gasteiger partial charge in [-0.1, -0.05) is 24.8 Å². The lowest BCUT2D eigenvalue weighted by Gasteiger charge is -2.09. The monoisotopic (exact) mass is 137 g/mol. The molecule has 0 saturated carbocycles. The van der Waals surface area contributed by atoms with E-state index < -0.39 is 0 Å². The van der Waals surface area contributed by atoms with Crippen LogP contribution in [0.3, 0.4) is 0 Å². The van der Waals surface area contributed by atoms with Gasteiger partial charge in [-0.05, 0) is 12.5 Å². The van der Waals surface area contributed by atoms with Crippen LogP contribution in [0.4, 0.5) is 0 Å². The van der Waals surface area contributed by atoms with Crippen LogP contribution in [0.15, 0.2) is 37.0 Å². The molecular weight excluding hydrogens is 122 g/mol. The minimum absolute atomic E-state index is 0.266. The summed E-state index contributed by atoms with van der Waals surface area (Å²) in [5, 5.41) is 0. The lowest BCUT2D eigenvalue weighted by molar-refractivity contribution is 0.788. The topological polar surface area (TPSA) is 26.0 Å². The number of hydrogen-bond acceptors (Lipinski definition) is 1. The Kier molecular flexibility index (Phi) is 4.59. The zero-order valence-corrected chi connectivity index (χ0v) is 6.51. The molecule has 0 aliphatic heterocycles. The maximum Gasteiger partial charge on any atom is 0.0135 e. The molecule has 1 unspecified atom stereocenters. The van der Waals surface area contributed by atoms with E-state index >= 15 is 0 Å². The van der Waals surface area contributed by atoms with Gasteiger partial charge in [0.2, 0.25) is 0 Å². The Balaban J connectivity index is 4.24. The van der Waals surface area contributed by atoms with Crippen molar-refractivity contribution in [3.63, 3.8) is 0 Å². The van der Waals surface area contributed by atoms with Crippen molar-refractivity contribution in [3.8, 4) is 0 Å². The molecule has 1 heteroatoms. The van der Waals surface area contributed by atoms with Crippen LogP contribution in [0.2, 0.25) is 0 Å². The molecule has 0 aromatic rings. The minimum Gasteiger partial charge on any atom is -0.330 e. The first-order valence-electron chi connectivity index (χ1n) is 3.41. The van der Waals surface area contributed by atoms with E-state index in [2.05, 4.69) is 13.2 Å². The molecule has 2 N–H and O–H groups in total. The molecule has 0 fully saturated rings. The smallest absolute Gasteiger partial charge is 0.0135 e. The fourth-order valence-electron chi connectivity index (χ4n) is 0.852. The first-order chi connectivity index (χ1) is 4.79. The first-order valence-corrected chi connectivity index (χ1v) is 3.41. The Morgan fingerprint density at radius 1 is 1.60 bits per heavy atom. The van der Waals surface area contributed by atoms with E-state index in [0.717, 1.165) is 5.57 Å². The predicted molar refractivity (Wildman–Crippen MR) is 46.7 cm³/mol. The van der Waals surface area contributed by atoms with Gasteiger partial charge in [-0.2, -0.15) is 0 Å². The van der Waals surface area contributed by atoms with Crippen LogP contribution >= 0.6 is 0 Å². The van der Waals surface area contributed by atoms with Crippen molar-refractivity contribution >= 4 is 0 Å². The predicted octanol–water partition coefficient (Wildman–Crippen LogP) is 1.88. The van der Waals surface area contributed by atoms with Crippen LogP contribution < -0.4 is 5.73 Å². The second-order valence-electron chi connectivity index (χ2n) is 2.07. The molecule has 0 radical (unpaired) electrons. The fourth-order valence-corrected chi connectivity index (χ4v) is 0.852. The van der Waals surface area contributed by atoms with Gasteiger partial charge in [-0.3, -0.25) is 0 Å². The summed E-state index contributed by atoms with van der Waals surface area (Å²) >= 11 is 0. The van der Waals surface area contributed by atoms with E-state index in [0.29, 0.717) is 6.54 Å². The highest BCUT2D eigenvalue weighted by Gasteiger charge is 2.02. The molecule has 10 heavy (non-hydrogen) atoms. The Morgan fingerprint density at radius 2 is 2.20 bits per heavy atom. The van der Waals surface area contributed by atoms with Gasteiger partial charge in [0.15, 0.2) is 0 Å². The molecule has 0 aromatic heterocycles. The summed E-state index contributed by atoms with van der Waals surface area (Å²) in [4.78, 5) is 0. The fraction of sp³-hybridized carbons (Fsp3) is 0.333. The van der Waals surface area contributed by atoms with Gasteiger partial charge in [0.05, 0.1) is 0 Å². The molecule has 0 rings (SSSR count). The number of rotatable bonds is 4. The van der Waals surface area contributed by atoms with Gasteiger partial charge in [-0.25, -0.2) is 0 Å². The quantitative estimate of drug-likeness (QED) is 0.464. The molecule has 0 heterocycles. The van der Waals surface area contributed by atoms with Crippen molar-refractivity contribution in [2.24, 2.45) is 11.7 Å². The van der Waals surface area contributed by atoms with E-state index in [4.69, 9.17) is 5.73 Å². The maximum atomic E-state index is 5.48. The van der Waals surface area contributed by atoms with E-state index in [1.54, 1.807) is 0 Å². The van der Waals surface area contributed by atoms with Gasteiger partial charge in [0.1, 0.15) is 0 Å². The largest absolute Gasteiger partial charge is 0.330 e. The van der Waals surface area contributed by atoms with E-state index in [1.807, 2.05) is 25.2 Å². The van der Waals surface area contributed by atoms with Crippen molar-refractivity contribution in [2.75, 3.05) is 6.54 Å². The molecule has 0 spiro atoms. The lowest BCUT2D eigenvalue weighted by Crippen LogP contribution is -2.12. The summed E-state index contributed by atoms with van der Waals surface area (Å²) < 4.78 is 0. The van der Waals surface area contributed by atoms with Gasteiger partial charge in [0, 0.05) is 12.5 Å². The van der Waals surface area contributed by atoms with Crippen molar-refractivity contribution in [2.45, 2.75) is 6.92 Å². The van der Waals surface area contributed by atoms with Crippen molar-refractivity contribution in [1.82, 2.24) is 0 Å². The molecular formula is C9H15N. The van der Waals surface area contributed by atoms with E-state index in [1.165, 1.54) is 0 Å². The number of allylic oxidation sites excluding steroid dienone is 2. The SMILES string of the molecule is C=C/C(=C\C)C(C=C)CN. The Hall–Kier alpha value is -0.820.